The summed E-state index contributed by atoms with van der Waals surface area (Å²) in [5.74, 6) is -1.25. The average Bonchev–Trinajstić information content (AvgIpc) is 3.18. The van der Waals surface area contributed by atoms with Gasteiger partial charge in [0.05, 0.1) is 22.9 Å². The number of carboxylic acids is 1. The SMILES string of the molecule is Cc1[nH]n(-c2ccc(C(=O)[O-])cc2)c(=O)c1C=C1C=Nc2ccccc21. The number of allylic oxidation sites excluding steroid dienone is 1. The second kappa shape index (κ2) is 6.00. The summed E-state index contributed by atoms with van der Waals surface area (Å²) in [5.41, 5.74) is 4.38. The zero-order valence-electron chi connectivity index (χ0n) is 13.9. The van der Waals surface area contributed by atoms with Gasteiger partial charge < -0.3 is 9.90 Å². The quantitative estimate of drug-likeness (QED) is 0.789. The number of aliphatic imine (C=N–C) groups is 1. The molecule has 0 aliphatic carbocycles. The maximum atomic E-state index is 12.8. The molecule has 0 saturated heterocycles. The van der Waals surface area contributed by atoms with Gasteiger partial charge in [-0.25, -0.2) is 4.68 Å². The Labute approximate surface area is 148 Å². The van der Waals surface area contributed by atoms with Crippen molar-refractivity contribution in [2.75, 3.05) is 0 Å². The molecule has 1 aliphatic rings. The number of nitrogens with one attached hydrogen (secondary N) is 1. The number of fused-ring (bicyclic) bond motifs is 1. The lowest BCUT2D eigenvalue weighted by molar-refractivity contribution is -0.255. The normalized spacial score (nSPS) is 14.0. The molecule has 6 nitrogen and oxygen atoms in total. The predicted octanol–water partition coefficient (Wildman–Crippen LogP) is 2.09. The van der Waals surface area contributed by atoms with Crippen molar-refractivity contribution in [3.05, 3.63) is 81.3 Å². The minimum atomic E-state index is -1.25. The van der Waals surface area contributed by atoms with Crippen LogP contribution in [0.2, 0.25) is 0 Å². The fraction of sp³-hybridized carbons (Fsp3) is 0.0500. The molecule has 0 radical (unpaired) electrons. The van der Waals surface area contributed by atoms with Crippen molar-refractivity contribution in [3.8, 4) is 5.69 Å². The summed E-state index contributed by atoms with van der Waals surface area (Å²) in [6.07, 6.45) is 3.56. The van der Waals surface area contributed by atoms with Gasteiger partial charge in [0.25, 0.3) is 5.56 Å². The van der Waals surface area contributed by atoms with Crippen LogP contribution in [0.3, 0.4) is 0 Å². The van der Waals surface area contributed by atoms with E-state index in [9.17, 15) is 14.7 Å². The van der Waals surface area contributed by atoms with E-state index < -0.39 is 5.97 Å². The molecule has 6 heteroatoms. The van der Waals surface area contributed by atoms with Crippen LogP contribution < -0.4 is 10.7 Å². The fourth-order valence-corrected chi connectivity index (χ4v) is 2.97. The molecule has 2 aromatic carbocycles. The summed E-state index contributed by atoms with van der Waals surface area (Å²) in [6.45, 7) is 1.82. The standard InChI is InChI=1S/C20H15N3O3/c1-12-17(10-14-11-21-18-5-3-2-4-16(14)18)19(24)23(22-12)15-8-6-13(7-9-15)20(25)26/h2-11,22H,1H3,(H,25,26)/p-1. The number of aromatic carboxylic acids is 1. The molecule has 26 heavy (non-hydrogen) atoms. The number of carboxylic acid groups (broad SMARTS) is 1. The highest BCUT2D eigenvalue weighted by Crippen LogP contribution is 2.32. The number of nitrogens with zero attached hydrogens (tertiary/aromatic N) is 2. The van der Waals surface area contributed by atoms with Crippen LogP contribution in [-0.2, 0) is 0 Å². The molecule has 1 aromatic heterocycles. The number of para-hydroxylation sites is 1. The van der Waals surface area contributed by atoms with Crippen molar-refractivity contribution in [2.24, 2.45) is 4.99 Å². The molecule has 0 unspecified atom stereocenters. The molecule has 2 heterocycles. The first-order valence-corrected chi connectivity index (χ1v) is 8.03. The Hall–Kier alpha value is -3.67. The van der Waals surface area contributed by atoms with Gasteiger partial charge in [0.1, 0.15) is 0 Å². The Morgan fingerprint density at radius 2 is 1.88 bits per heavy atom. The molecule has 0 amide bonds. The zero-order chi connectivity index (χ0) is 18.3. The number of aromatic nitrogens is 2. The third-order valence-corrected chi connectivity index (χ3v) is 4.34. The van der Waals surface area contributed by atoms with Crippen molar-refractivity contribution in [1.29, 1.82) is 0 Å². The second-order valence-electron chi connectivity index (χ2n) is 6.00. The lowest BCUT2D eigenvalue weighted by Crippen LogP contribution is -2.22. The molecule has 0 fully saturated rings. The molecular weight excluding hydrogens is 330 g/mol. The number of carbonyl (C=O) groups excluding carboxylic acids is 1. The molecular formula is C20H14N3O3-. The Kier molecular flexibility index (Phi) is 3.65. The molecule has 1 aliphatic heterocycles. The Morgan fingerprint density at radius 1 is 1.15 bits per heavy atom. The molecule has 1 N–H and O–H groups in total. The summed E-state index contributed by atoms with van der Waals surface area (Å²) in [5, 5.41) is 13.9. The highest BCUT2D eigenvalue weighted by molar-refractivity contribution is 6.21. The first-order chi connectivity index (χ1) is 12.5. The van der Waals surface area contributed by atoms with Crippen molar-refractivity contribution in [2.45, 2.75) is 6.92 Å². The van der Waals surface area contributed by atoms with Gasteiger partial charge in [-0.1, -0.05) is 30.3 Å². The zero-order valence-corrected chi connectivity index (χ0v) is 13.9. The van der Waals surface area contributed by atoms with Gasteiger partial charge in [-0.2, -0.15) is 0 Å². The number of hydrogen-bond donors (Lipinski definition) is 1. The monoisotopic (exact) mass is 344 g/mol. The van der Waals surface area contributed by atoms with Gasteiger partial charge in [-0.15, -0.1) is 0 Å². The van der Waals surface area contributed by atoms with Gasteiger partial charge in [0.15, 0.2) is 0 Å². The smallest absolute Gasteiger partial charge is 0.278 e. The van der Waals surface area contributed by atoms with Crippen molar-refractivity contribution < 1.29 is 9.90 Å². The molecule has 0 bridgehead atoms. The Bertz CT molecular complexity index is 1130. The topological polar surface area (TPSA) is 90.3 Å². The second-order valence-corrected chi connectivity index (χ2v) is 6.00. The summed E-state index contributed by atoms with van der Waals surface area (Å²) in [4.78, 5) is 28.0. The summed E-state index contributed by atoms with van der Waals surface area (Å²) in [7, 11) is 0. The first kappa shape index (κ1) is 15.8. The van der Waals surface area contributed by atoms with Gasteiger partial charge in [-0.05, 0) is 36.8 Å². The minimum absolute atomic E-state index is 0.0613. The van der Waals surface area contributed by atoms with Crippen LogP contribution in [0.1, 0.15) is 27.2 Å². The minimum Gasteiger partial charge on any atom is -0.545 e. The average molecular weight is 344 g/mol. The summed E-state index contributed by atoms with van der Waals surface area (Å²) >= 11 is 0. The van der Waals surface area contributed by atoms with Crippen LogP contribution in [0.5, 0.6) is 0 Å². The van der Waals surface area contributed by atoms with E-state index in [-0.39, 0.29) is 11.1 Å². The predicted molar refractivity (Wildman–Crippen MR) is 97.9 cm³/mol. The first-order valence-electron chi connectivity index (χ1n) is 8.03. The molecule has 0 atom stereocenters. The van der Waals surface area contributed by atoms with E-state index in [0.29, 0.717) is 16.9 Å². The van der Waals surface area contributed by atoms with Crippen LogP contribution >= 0.6 is 0 Å². The van der Waals surface area contributed by atoms with Gasteiger partial charge in [0.2, 0.25) is 0 Å². The lowest BCUT2D eigenvalue weighted by Gasteiger charge is -2.04. The molecule has 4 rings (SSSR count). The Balaban J connectivity index is 1.77. The van der Waals surface area contributed by atoms with E-state index in [1.165, 1.54) is 16.8 Å². The van der Waals surface area contributed by atoms with Crippen molar-refractivity contribution in [3.63, 3.8) is 0 Å². The molecule has 3 aromatic rings. The van der Waals surface area contributed by atoms with Gasteiger partial charge in [0, 0.05) is 23.0 Å². The number of H-pyrrole nitrogens is 1. The summed E-state index contributed by atoms with van der Waals surface area (Å²) in [6, 6.07) is 13.7. The number of aryl methyl sites for hydroxylation is 1. The number of benzene rings is 2. The highest BCUT2D eigenvalue weighted by atomic mass is 16.4. The van der Waals surface area contributed by atoms with Gasteiger partial charge in [-0.3, -0.25) is 14.9 Å². The van der Waals surface area contributed by atoms with Crippen LogP contribution in [0.25, 0.3) is 17.3 Å². The molecule has 128 valence electrons. The van der Waals surface area contributed by atoms with Gasteiger partial charge >= 0.3 is 0 Å². The van der Waals surface area contributed by atoms with Crippen molar-refractivity contribution >= 4 is 29.5 Å². The van der Waals surface area contributed by atoms with Crippen LogP contribution in [0, 0.1) is 6.92 Å². The van der Waals surface area contributed by atoms with E-state index in [0.717, 1.165) is 16.8 Å². The number of rotatable bonds is 3. The number of aromatic amines is 1. The van der Waals surface area contributed by atoms with Crippen LogP contribution in [-0.4, -0.2) is 22.0 Å². The molecule has 0 saturated carbocycles. The third kappa shape index (κ3) is 2.57. The largest absolute Gasteiger partial charge is 0.545 e. The maximum absolute atomic E-state index is 12.8. The van der Waals surface area contributed by atoms with Crippen LogP contribution in [0.15, 0.2) is 58.3 Å². The maximum Gasteiger partial charge on any atom is 0.278 e. The van der Waals surface area contributed by atoms with E-state index >= 15 is 0 Å². The third-order valence-electron chi connectivity index (χ3n) is 4.34. The van der Waals surface area contributed by atoms with Crippen LogP contribution in [0.4, 0.5) is 5.69 Å². The number of carbonyl (C=O) groups is 1. The van der Waals surface area contributed by atoms with E-state index in [2.05, 4.69) is 10.1 Å². The van der Waals surface area contributed by atoms with E-state index in [1.807, 2.05) is 37.3 Å². The fourth-order valence-electron chi connectivity index (χ4n) is 2.97. The van der Waals surface area contributed by atoms with E-state index in [4.69, 9.17) is 0 Å². The highest BCUT2D eigenvalue weighted by Gasteiger charge is 2.15. The Morgan fingerprint density at radius 3 is 2.62 bits per heavy atom. The number of hydrogen-bond acceptors (Lipinski definition) is 4. The van der Waals surface area contributed by atoms with Crippen molar-refractivity contribution in [1.82, 2.24) is 9.78 Å². The summed E-state index contributed by atoms with van der Waals surface area (Å²) < 4.78 is 1.39. The lowest BCUT2D eigenvalue weighted by atomic mass is 10.0. The van der Waals surface area contributed by atoms with E-state index in [1.54, 1.807) is 18.3 Å². The molecule has 0 spiro atoms.